The molecular formula is C21H22ClNO. The fourth-order valence-corrected chi connectivity index (χ4v) is 3.98. The van der Waals surface area contributed by atoms with Gasteiger partial charge in [-0.25, -0.2) is 0 Å². The minimum atomic E-state index is 0.762. The highest BCUT2D eigenvalue weighted by atomic mass is 35.5. The SMILES string of the molecule is CCCN1CCC(=C2c3ccccc3Oc3ccc(Cl)cc32)CC1. The summed E-state index contributed by atoms with van der Waals surface area (Å²) >= 11 is 6.29. The van der Waals surface area contributed by atoms with Crippen LogP contribution < -0.4 is 4.74 Å². The van der Waals surface area contributed by atoms with Gasteiger partial charge >= 0.3 is 0 Å². The topological polar surface area (TPSA) is 12.5 Å². The van der Waals surface area contributed by atoms with Gasteiger partial charge in [0.25, 0.3) is 0 Å². The summed E-state index contributed by atoms with van der Waals surface area (Å²) in [4.78, 5) is 2.56. The van der Waals surface area contributed by atoms with E-state index in [2.05, 4.69) is 30.0 Å². The first-order valence-corrected chi connectivity index (χ1v) is 9.15. The molecule has 0 aliphatic carbocycles. The number of ether oxygens (including phenoxy) is 1. The van der Waals surface area contributed by atoms with E-state index in [1.165, 1.54) is 29.7 Å². The van der Waals surface area contributed by atoms with Crippen molar-refractivity contribution in [3.05, 3.63) is 64.2 Å². The van der Waals surface area contributed by atoms with Crippen LogP contribution in [-0.2, 0) is 0 Å². The van der Waals surface area contributed by atoms with Crippen molar-refractivity contribution < 1.29 is 4.74 Å². The van der Waals surface area contributed by atoms with Crippen LogP contribution in [0.2, 0.25) is 5.02 Å². The van der Waals surface area contributed by atoms with Crippen LogP contribution in [0.15, 0.2) is 48.0 Å². The zero-order valence-corrected chi connectivity index (χ0v) is 14.8. The van der Waals surface area contributed by atoms with E-state index in [4.69, 9.17) is 16.3 Å². The van der Waals surface area contributed by atoms with E-state index < -0.39 is 0 Å². The lowest BCUT2D eigenvalue weighted by molar-refractivity contribution is 0.257. The highest BCUT2D eigenvalue weighted by Gasteiger charge is 2.26. The molecule has 0 bridgehead atoms. The molecule has 0 unspecified atom stereocenters. The summed E-state index contributed by atoms with van der Waals surface area (Å²) in [6, 6.07) is 14.3. The fourth-order valence-electron chi connectivity index (χ4n) is 3.81. The molecule has 4 rings (SSSR count). The van der Waals surface area contributed by atoms with Crippen molar-refractivity contribution in [3.63, 3.8) is 0 Å². The lowest BCUT2D eigenvalue weighted by Crippen LogP contribution is -2.31. The van der Waals surface area contributed by atoms with Gasteiger partial charge in [0.2, 0.25) is 0 Å². The molecule has 0 N–H and O–H groups in total. The Balaban J connectivity index is 1.80. The predicted molar refractivity (Wildman–Crippen MR) is 100.0 cm³/mol. The maximum absolute atomic E-state index is 6.29. The highest BCUT2D eigenvalue weighted by Crippen LogP contribution is 2.47. The Morgan fingerprint density at radius 2 is 1.75 bits per heavy atom. The first kappa shape index (κ1) is 15.7. The molecule has 2 nitrogen and oxygen atoms in total. The molecule has 124 valence electrons. The van der Waals surface area contributed by atoms with Crippen LogP contribution in [-0.4, -0.2) is 24.5 Å². The Hall–Kier alpha value is -1.77. The van der Waals surface area contributed by atoms with Crippen molar-refractivity contribution in [2.24, 2.45) is 0 Å². The van der Waals surface area contributed by atoms with Gasteiger partial charge in [-0.3, -0.25) is 0 Å². The summed E-state index contributed by atoms with van der Waals surface area (Å²) in [5.41, 5.74) is 5.21. The van der Waals surface area contributed by atoms with Crippen molar-refractivity contribution in [2.45, 2.75) is 26.2 Å². The van der Waals surface area contributed by atoms with Gasteiger partial charge < -0.3 is 9.64 Å². The summed E-state index contributed by atoms with van der Waals surface area (Å²) in [7, 11) is 0. The summed E-state index contributed by atoms with van der Waals surface area (Å²) in [6.45, 7) is 5.74. The van der Waals surface area contributed by atoms with E-state index in [1.807, 2.05) is 24.3 Å². The van der Waals surface area contributed by atoms with Crippen molar-refractivity contribution in [3.8, 4) is 11.5 Å². The second-order valence-electron chi connectivity index (χ2n) is 6.56. The summed E-state index contributed by atoms with van der Waals surface area (Å²) < 4.78 is 6.11. The van der Waals surface area contributed by atoms with Crippen LogP contribution in [0.1, 0.15) is 37.3 Å². The normalized spacial score (nSPS) is 17.2. The van der Waals surface area contributed by atoms with Gasteiger partial charge in [-0.1, -0.05) is 42.3 Å². The number of benzene rings is 2. The molecule has 24 heavy (non-hydrogen) atoms. The largest absolute Gasteiger partial charge is 0.456 e. The molecule has 2 aliphatic rings. The molecule has 2 heterocycles. The molecule has 3 heteroatoms. The number of hydrogen-bond acceptors (Lipinski definition) is 2. The van der Waals surface area contributed by atoms with Crippen molar-refractivity contribution >= 4 is 17.2 Å². The number of fused-ring (bicyclic) bond motifs is 2. The number of halogens is 1. The fraction of sp³-hybridized carbons (Fsp3) is 0.333. The average Bonchev–Trinajstić information content (AvgIpc) is 2.61. The van der Waals surface area contributed by atoms with E-state index in [1.54, 1.807) is 0 Å². The summed E-state index contributed by atoms with van der Waals surface area (Å²) in [5, 5.41) is 0.762. The zero-order chi connectivity index (χ0) is 16.5. The molecule has 0 spiro atoms. The van der Waals surface area contributed by atoms with Gasteiger partial charge in [-0.15, -0.1) is 0 Å². The maximum Gasteiger partial charge on any atom is 0.135 e. The first-order valence-electron chi connectivity index (χ1n) is 8.78. The van der Waals surface area contributed by atoms with E-state index in [-0.39, 0.29) is 0 Å². The molecular weight excluding hydrogens is 318 g/mol. The summed E-state index contributed by atoms with van der Waals surface area (Å²) in [6.07, 6.45) is 3.46. The lowest BCUT2D eigenvalue weighted by Gasteiger charge is -2.32. The van der Waals surface area contributed by atoms with E-state index in [0.717, 1.165) is 48.0 Å². The molecule has 2 aromatic carbocycles. The second kappa shape index (κ2) is 6.62. The Labute approximate surface area is 148 Å². The van der Waals surface area contributed by atoms with Crippen molar-refractivity contribution in [2.75, 3.05) is 19.6 Å². The van der Waals surface area contributed by atoms with Crippen LogP contribution in [0.5, 0.6) is 11.5 Å². The quantitative estimate of drug-likeness (QED) is 0.589. The molecule has 0 amide bonds. The van der Waals surface area contributed by atoms with Gasteiger partial charge in [0, 0.05) is 29.2 Å². The van der Waals surface area contributed by atoms with E-state index in [9.17, 15) is 0 Å². The van der Waals surface area contributed by atoms with Gasteiger partial charge in [-0.2, -0.15) is 0 Å². The minimum absolute atomic E-state index is 0.762. The number of likely N-dealkylation sites (tertiary alicyclic amines) is 1. The van der Waals surface area contributed by atoms with Crippen LogP contribution in [0, 0.1) is 0 Å². The van der Waals surface area contributed by atoms with Crippen LogP contribution in [0.4, 0.5) is 0 Å². The maximum atomic E-state index is 6.29. The lowest BCUT2D eigenvalue weighted by atomic mass is 9.86. The molecule has 0 radical (unpaired) electrons. The third kappa shape index (κ3) is 2.85. The second-order valence-corrected chi connectivity index (χ2v) is 7.00. The zero-order valence-electron chi connectivity index (χ0n) is 14.0. The number of nitrogens with zero attached hydrogens (tertiary/aromatic N) is 1. The molecule has 2 aliphatic heterocycles. The third-order valence-electron chi connectivity index (χ3n) is 4.94. The van der Waals surface area contributed by atoms with Crippen LogP contribution in [0.25, 0.3) is 5.57 Å². The Morgan fingerprint density at radius 3 is 2.54 bits per heavy atom. The molecule has 0 aromatic heterocycles. The van der Waals surface area contributed by atoms with Crippen molar-refractivity contribution in [1.82, 2.24) is 4.90 Å². The molecule has 0 atom stereocenters. The molecule has 1 saturated heterocycles. The number of piperidine rings is 1. The Bertz CT molecular complexity index is 786. The predicted octanol–water partition coefficient (Wildman–Crippen LogP) is 5.75. The molecule has 2 aromatic rings. The molecule has 1 fully saturated rings. The van der Waals surface area contributed by atoms with Crippen molar-refractivity contribution in [1.29, 1.82) is 0 Å². The van der Waals surface area contributed by atoms with Crippen LogP contribution >= 0.6 is 11.6 Å². The average molecular weight is 340 g/mol. The van der Waals surface area contributed by atoms with Gasteiger partial charge in [-0.05, 0) is 55.6 Å². The van der Waals surface area contributed by atoms with Gasteiger partial charge in [0.1, 0.15) is 11.5 Å². The third-order valence-corrected chi connectivity index (χ3v) is 5.18. The summed E-state index contributed by atoms with van der Waals surface area (Å²) in [5.74, 6) is 1.86. The highest BCUT2D eigenvalue weighted by molar-refractivity contribution is 6.30. The molecule has 0 saturated carbocycles. The Kier molecular flexibility index (Phi) is 4.34. The monoisotopic (exact) mass is 339 g/mol. The number of para-hydroxylation sites is 1. The standard InChI is InChI=1S/C21H22ClNO/c1-2-11-23-12-9-15(10-13-23)21-17-5-3-4-6-19(17)24-20-8-7-16(22)14-18(20)21/h3-8,14H,2,9-13H2,1H3. The van der Waals surface area contributed by atoms with E-state index >= 15 is 0 Å². The van der Waals surface area contributed by atoms with Gasteiger partial charge in [0.15, 0.2) is 0 Å². The minimum Gasteiger partial charge on any atom is -0.456 e. The van der Waals surface area contributed by atoms with Gasteiger partial charge in [0.05, 0.1) is 0 Å². The van der Waals surface area contributed by atoms with E-state index in [0.29, 0.717) is 0 Å². The number of hydrogen-bond donors (Lipinski definition) is 0. The Morgan fingerprint density at radius 1 is 1.00 bits per heavy atom. The van der Waals surface area contributed by atoms with Crippen LogP contribution in [0.3, 0.4) is 0 Å². The first-order chi connectivity index (χ1) is 11.8. The smallest absolute Gasteiger partial charge is 0.135 e. The number of rotatable bonds is 2.